The number of nitrogens with zero attached hydrogens (tertiary/aromatic N) is 6. The first-order valence-electron chi connectivity index (χ1n) is 13.5. The lowest BCUT2D eigenvalue weighted by molar-refractivity contribution is -0.131. The number of amides is 3. The van der Waals surface area contributed by atoms with Gasteiger partial charge in [-0.1, -0.05) is 26.5 Å². The number of hydrogen-bond acceptors (Lipinski definition) is 7. The molecule has 212 valence electrons. The van der Waals surface area contributed by atoms with Gasteiger partial charge in [-0.2, -0.15) is 5.10 Å². The molecule has 2 aromatic heterocycles. The van der Waals surface area contributed by atoms with E-state index in [4.69, 9.17) is 10.8 Å². The zero-order chi connectivity index (χ0) is 29.3. The van der Waals surface area contributed by atoms with Gasteiger partial charge in [-0.3, -0.25) is 14.4 Å². The van der Waals surface area contributed by atoms with Crippen LogP contribution in [0.25, 0.3) is 11.0 Å². The number of likely N-dealkylation sites (N-methyl/N-ethyl adjacent to an activating group) is 1. The maximum absolute atomic E-state index is 13.6. The van der Waals surface area contributed by atoms with Crippen LogP contribution in [0.3, 0.4) is 0 Å². The van der Waals surface area contributed by atoms with E-state index in [0.29, 0.717) is 23.3 Å². The maximum Gasteiger partial charge on any atom is 0.277 e. The summed E-state index contributed by atoms with van der Waals surface area (Å²) in [6, 6.07) is 3.54. The third-order valence-corrected chi connectivity index (χ3v) is 7.90. The van der Waals surface area contributed by atoms with Gasteiger partial charge in [-0.05, 0) is 61.4 Å². The Morgan fingerprint density at radius 2 is 1.90 bits per heavy atom. The number of anilines is 2. The fourth-order valence-electron chi connectivity index (χ4n) is 5.35. The Labute approximate surface area is 234 Å². The van der Waals surface area contributed by atoms with Gasteiger partial charge in [-0.25, -0.2) is 14.6 Å². The molecule has 2 atom stereocenters. The molecule has 1 aliphatic heterocycles. The monoisotopic (exact) mass is 546 g/mol. The van der Waals surface area contributed by atoms with Crippen molar-refractivity contribution in [2.45, 2.75) is 59.0 Å². The van der Waals surface area contributed by atoms with Crippen LogP contribution < -0.4 is 11.1 Å². The fourth-order valence-corrected chi connectivity index (χ4v) is 5.35. The van der Waals surface area contributed by atoms with Crippen LogP contribution in [0.2, 0.25) is 0 Å². The minimum Gasteiger partial charge on any atom is -0.383 e. The number of likely N-dealkylation sites (tertiary alicyclic amines) is 1. The van der Waals surface area contributed by atoms with E-state index in [2.05, 4.69) is 35.7 Å². The molecule has 40 heavy (non-hydrogen) atoms. The number of piperidine rings is 1. The predicted molar refractivity (Wildman–Crippen MR) is 155 cm³/mol. The van der Waals surface area contributed by atoms with Crippen molar-refractivity contribution >= 4 is 40.3 Å². The first-order chi connectivity index (χ1) is 18.9. The summed E-state index contributed by atoms with van der Waals surface area (Å²) < 4.78 is 1.70. The number of nitrogen functional groups attached to an aromatic ring is 1. The third-order valence-electron chi connectivity index (χ3n) is 7.90. The lowest BCUT2D eigenvalue weighted by Gasteiger charge is -2.41. The molecule has 1 fully saturated rings. The van der Waals surface area contributed by atoms with Gasteiger partial charge >= 0.3 is 0 Å². The summed E-state index contributed by atoms with van der Waals surface area (Å²) in [6.07, 6.45) is 4.51. The topological polar surface area (TPSA) is 139 Å². The molecule has 11 nitrogen and oxygen atoms in total. The van der Waals surface area contributed by atoms with Crippen LogP contribution in [0.1, 0.15) is 59.9 Å². The van der Waals surface area contributed by atoms with Crippen LogP contribution in [0.4, 0.5) is 11.5 Å². The Kier molecular flexibility index (Phi) is 8.22. The summed E-state index contributed by atoms with van der Waals surface area (Å²) >= 11 is 0. The van der Waals surface area contributed by atoms with Gasteiger partial charge in [0.25, 0.3) is 5.91 Å². The summed E-state index contributed by atoms with van der Waals surface area (Å²) in [7, 11) is 3.45. The number of carbonyl (C=O) groups excluding carboxylic acids is 3. The Morgan fingerprint density at radius 1 is 1.18 bits per heavy atom. The van der Waals surface area contributed by atoms with Gasteiger partial charge < -0.3 is 20.9 Å². The Morgan fingerprint density at radius 3 is 2.55 bits per heavy atom. The van der Waals surface area contributed by atoms with Gasteiger partial charge in [0, 0.05) is 32.4 Å². The summed E-state index contributed by atoms with van der Waals surface area (Å²) in [5, 5.41) is 8.03. The van der Waals surface area contributed by atoms with E-state index in [-0.39, 0.29) is 47.7 Å². The molecule has 4 rings (SSSR count). The maximum atomic E-state index is 13.6. The van der Waals surface area contributed by atoms with Gasteiger partial charge in [0.2, 0.25) is 11.8 Å². The number of hydrogen-bond donors (Lipinski definition) is 2. The van der Waals surface area contributed by atoms with Crippen molar-refractivity contribution in [3.8, 4) is 0 Å². The molecule has 0 bridgehead atoms. The van der Waals surface area contributed by atoms with Gasteiger partial charge in [0.15, 0.2) is 11.3 Å². The summed E-state index contributed by atoms with van der Waals surface area (Å²) in [5.41, 5.74) is 10.1. The van der Waals surface area contributed by atoms with Crippen molar-refractivity contribution in [3.05, 3.63) is 53.5 Å². The van der Waals surface area contributed by atoms with Crippen LogP contribution >= 0.6 is 0 Å². The molecule has 0 aliphatic carbocycles. The highest BCUT2D eigenvalue weighted by Crippen LogP contribution is 2.33. The smallest absolute Gasteiger partial charge is 0.277 e. The number of nitrogens with two attached hydrogens (primary N) is 1. The standard InChI is InChI=1S/C29H38N8O3/c1-8-23(38)36-14-20(10-12-22(36)16(2)3)37-28-25(27(30)31-15-32-28)26(34-37)29(40)33-21-11-9-19(17(4)18(21)5)13-24(39)35(6)7/h8-9,11,15-16,20,22H,1,10,12-14H2,2-7H3,(H,33,40)(H2,30,31,32). The van der Waals surface area contributed by atoms with Gasteiger partial charge in [0.1, 0.15) is 12.1 Å². The van der Waals surface area contributed by atoms with Crippen LogP contribution in [0, 0.1) is 19.8 Å². The molecule has 3 heterocycles. The second kappa shape index (κ2) is 11.4. The molecule has 3 aromatic rings. The highest BCUT2D eigenvalue weighted by atomic mass is 16.2. The number of carbonyl (C=O) groups is 3. The van der Waals surface area contributed by atoms with E-state index in [9.17, 15) is 14.4 Å². The molecule has 1 aliphatic rings. The summed E-state index contributed by atoms with van der Waals surface area (Å²) in [6.45, 7) is 12.1. The molecule has 3 N–H and O–H groups in total. The van der Waals surface area contributed by atoms with E-state index in [1.54, 1.807) is 29.7 Å². The molecular formula is C29H38N8O3. The molecule has 3 amide bonds. The first kappa shape index (κ1) is 28.7. The largest absolute Gasteiger partial charge is 0.383 e. The molecule has 2 unspecified atom stereocenters. The van der Waals surface area contributed by atoms with E-state index < -0.39 is 5.91 Å². The summed E-state index contributed by atoms with van der Waals surface area (Å²) in [5.74, 6) is -0.129. The quantitative estimate of drug-likeness (QED) is 0.434. The van der Waals surface area contributed by atoms with Crippen molar-refractivity contribution in [3.63, 3.8) is 0 Å². The molecule has 1 saturated heterocycles. The zero-order valence-electron chi connectivity index (χ0n) is 24.1. The summed E-state index contributed by atoms with van der Waals surface area (Å²) in [4.78, 5) is 50.5. The Hall–Kier alpha value is -4.28. The average Bonchev–Trinajstić information content (AvgIpc) is 3.33. The fraction of sp³-hybridized carbons (Fsp3) is 0.448. The van der Waals surface area contributed by atoms with E-state index in [1.807, 2.05) is 24.8 Å². The molecule has 11 heteroatoms. The van der Waals surface area contributed by atoms with Gasteiger partial charge in [-0.15, -0.1) is 0 Å². The van der Waals surface area contributed by atoms with Crippen molar-refractivity contribution in [2.24, 2.45) is 5.92 Å². The van der Waals surface area contributed by atoms with Crippen molar-refractivity contribution in [1.29, 1.82) is 0 Å². The molecular weight excluding hydrogens is 508 g/mol. The minimum atomic E-state index is -0.445. The number of benzene rings is 1. The second-order valence-corrected chi connectivity index (χ2v) is 10.9. The van der Waals surface area contributed by atoms with Crippen LogP contribution in [0.15, 0.2) is 31.1 Å². The number of nitrogens with one attached hydrogen (secondary N) is 1. The zero-order valence-corrected chi connectivity index (χ0v) is 24.1. The average molecular weight is 547 g/mol. The van der Waals surface area contributed by atoms with Crippen molar-refractivity contribution in [2.75, 3.05) is 31.7 Å². The highest BCUT2D eigenvalue weighted by molar-refractivity contribution is 6.13. The number of fused-ring (bicyclic) bond motifs is 1. The Bertz CT molecular complexity index is 1480. The number of rotatable bonds is 7. The van der Waals surface area contributed by atoms with Crippen molar-refractivity contribution < 1.29 is 14.4 Å². The first-order valence-corrected chi connectivity index (χ1v) is 13.5. The normalized spacial score (nSPS) is 17.2. The van der Waals surface area contributed by atoms with E-state index >= 15 is 0 Å². The lowest BCUT2D eigenvalue weighted by Crippen LogP contribution is -2.49. The molecule has 0 saturated carbocycles. The Balaban J connectivity index is 1.67. The van der Waals surface area contributed by atoms with E-state index in [0.717, 1.165) is 29.5 Å². The number of aromatic nitrogens is 4. The molecule has 0 spiro atoms. The van der Waals surface area contributed by atoms with Crippen LogP contribution in [-0.2, 0) is 16.0 Å². The molecule has 0 radical (unpaired) electrons. The highest BCUT2D eigenvalue weighted by Gasteiger charge is 2.35. The molecule has 1 aromatic carbocycles. The van der Waals surface area contributed by atoms with Crippen LogP contribution in [0.5, 0.6) is 0 Å². The second-order valence-electron chi connectivity index (χ2n) is 10.9. The van der Waals surface area contributed by atoms with Crippen molar-refractivity contribution in [1.82, 2.24) is 29.5 Å². The van der Waals surface area contributed by atoms with E-state index in [1.165, 1.54) is 12.4 Å². The minimum absolute atomic E-state index is 0.00236. The third kappa shape index (κ3) is 5.41. The lowest BCUT2D eigenvalue weighted by atomic mass is 9.90. The SMILES string of the molecule is C=CC(=O)N1CC(n2nc(C(=O)Nc3ccc(CC(=O)N(C)C)c(C)c3C)c3c(N)ncnc32)CCC1C(C)C. The van der Waals surface area contributed by atoms with Crippen LogP contribution in [-0.4, -0.2) is 74.0 Å². The van der Waals surface area contributed by atoms with Gasteiger partial charge in [0.05, 0.1) is 17.8 Å². The predicted octanol–water partition coefficient (Wildman–Crippen LogP) is 3.28.